The van der Waals surface area contributed by atoms with Gasteiger partial charge in [-0.05, 0) is 60.0 Å². The maximum absolute atomic E-state index is 11.6. The number of aliphatic hydroxyl groups is 1. The minimum atomic E-state index is -0.403. The average molecular weight is 280 g/mol. The van der Waals surface area contributed by atoms with Crippen molar-refractivity contribution in [2.75, 3.05) is 6.54 Å². The van der Waals surface area contributed by atoms with Gasteiger partial charge in [-0.25, -0.2) is 0 Å². The summed E-state index contributed by atoms with van der Waals surface area (Å²) < 4.78 is 0. The lowest BCUT2D eigenvalue weighted by Gasteiger charge is -2.45. The molecule has 1 aromatic rings. The Balaban J connectivity index is 1.27. The predicted molar refractivity (Wildman–Crippen MR) is 75.9 cm³/mol. The Labute approximate surface area is 124 Å². The summed E-state index contributed by atoms with van der Waals surface area (Å²) in [6.07, 6.45) is 6.32. The van der Waals surface area contributed by atoms with E-state index in [0.29, 0.717) is 11.8 Å². The number of hydrogen-bond donors (Lipinski definition) is 1. The van der Waals surface area contributed by atoms with Gasteiger partial charge in [0.2, 0.25) is 0 Å². The molecule has 0 unspecified atom stereocenters. The summed E-state index contributed by atoms with van der Waals surface area (Å²) in [5, 5.41) is 11.6. The van der Waals surface area contributed by atoms with Gasteiger partial charge in [-0.3, -0.25) is 9.88 Å². The largest absolute Gasteiger partial charge is 0.375 e. The van der Waals surface area contributed by atoms with Gasteiger partial charge in [-0.2, -0.15) is 0 Å². The van der Waals surface area contributed by atoms with Gasteiger partial charge < -0.3 is 5.11 Å². The van der Waals surface area contributed by atoms with E-state index in [-0.39, 0.29) is 0 Å². The molecule has 5 saturated carbocycles. The standard InChI is InChI=1S/C18H20N2O/c21-18-15-10-6-9-11-12(10)16(18)14(11)17(13(9)15)20(18)5-3-8-2-1-4-19-7-8/h1-2,4,7,9-17,21H,3,5-6H2/t9-,10+,11-,12+,13+,14-,15-,16+,17-,18+/m0/s1. The number of pyridine rings is 1. The van der Waals surface area contributed by atoms with Crippen LogP contribution in [0, 0.1) is 47.3 Å². The predicted octanol–water partition coefficient (Wildman–Crippen LogP) is 1.38. The Hall–Kier alpha value is -0.930. The third-order valence-corrected chi connectivity index (χ3v) is 8.58. The van der Waals surface area contributed by atoms with Gasteiger partial charge in [0.25, 0.3) is 0 Å². The zero-order chi connectivity index (χ0) is 13.5. The number of rotatable bonds is 3. The second-order valence-corrected chi connectivity index (χ2v) is 8.50. The summed E-state index contributed by atoms with van der Waals surface area (Å²) in [5.41, 5.74) is 0.906. The van der Waals surface area contributed by atoms with E-state index in [1.807, 2.05) is 18.5 Å². The lowest BCUT2D eigenvalue weighted by atomic mass is 9.59. The molecule has 1 aromatic heterocycles. The highest BCUT2D eigenvalue weighted by atomic mass is 16.3. The molecule has 3 nitrogen and oxygen atoms in total. The molecule has 1 N–H and O–H groups in total. The van der Waals surface area contributed by atoms with Crippen LogP contribution in [0.2, 0.25) is 0 Å². The van der Waals surface area contributed by atoms with Crippen LogP contribution in [0.5, 0.6) is 0 Å². The van der Waals surface area contributed by atoms with Crippen LogP contribution in [-0.2, 0) is 6.42 Å². The molecule has 10 atom stereocenters. The molecule has 0 amide bonds. The Morgan fingerprint density at radius 3 is 3.00 bits per heavy atom. The van der Waals surface area contributed by atoms with E-state index < -0.39 is 5.72 Å². The van der Waals surface area contributed by atoms with E-state index in [2.05, 4.69) is 16.0 Å². The fourth-order valence-electron chi connectivity index (χ4n) is 8.66. The molecular formula is C18H20N2O. The Morgan fingerprint density at radius 1 is 1.19 bits per heavy atom. The van der Waals surface area contributed by atoms with E-state index in [9.17, 15) is 5.11 Å². The minimum Gasteiger partial charge on any atom is -0.375 e. The fraction of sp³-hybridized carbons (Fsp3) is 0.722. The molecule has 0 radical (unpaired) electrons. The monoisotopic (exact) mass is 280 g/mol. The lowest BCUT2D eigenvalue weighted by Crippen LogP contribution is -2.51. The molecule has 21 heavy (non-hydrogen) atoms. The Kier molecular flexibility index (Phi) is 1.50. The van der Waals surface area contributed by atoms with Crippen molar-refractivity contribution in [2.24, 2.45) is 47.3 Å². The molecule has 8 rings (SSSR count). The summed E-state index contributed by atoms with van der Waals surface area (Å²) in [6, 6.07) is 4.93. The second kappa shape index (κ2) is 2.93. The van der Waals surface area contributed by atoms with E-state index >= 15 is 0 Å². The van der Waals surface area contributed by atoms with Gasteiger partial charge in [0.05, 0.1) is 0 Å². The molecule has 3 heterocycles. The van der Waals surface area contributed by atoms with Crippen molar-refractivity contribution < 1.29 is 5.11 Å². The highest BCUT2D eigenvalue weighted by Crippen LogP contribution is 2.90. The highest BCUT2D eigenvalue weighted by Gasteiger charge is 2.93. The molecule has 0 spiro atoms. The molecule has 2 aliphatic heterocycles. The van der Waals surface area contributed by atoms with Gasteiger partial charge in [0.15, 0.2) is 0 Å². The van der Waals surface area contributed by atoms with Crippen LogP contribution in [0.4, 0.5) is 0 Å². The van der Waals surface area contributed by atoms with Gasteiger partial charge in [0, 0.05) is 36.8 Å². The topological polar surface area (TPSA) is 36.4 Å². The first-order valence-corrected chi connectivity index (χ1v) is 8.70. The highest BCUT2D eigenvalue weighted by molar-refractivity contribution is 5.40. The maximum Gasteiger partial charge on any atom is 0.125 e. The molecule has 7 fully saturated rings. The van der Waals surface area contributed by atoms with Crippen molar-refractivity contribution in [3.63, 3.8) is 0 Å². The summed E-state index contributed by atoms with van der Waals surface area (Å²) in [4.78, 5) is 6.79. The molecular weight excluding hydrogens is 260 g/mol. The van der Waals surface area contributed by atoms with Crippen LogP contribution >= 0.6 is 0 Å². The molecule has 0 aromatic carbocycles. The van der Waals surface area contributed by atoms with Crippen LogP contribution in [0.1, 0.15) is 12.0 Å². The molecule has 4 bridgehead atoms. The van der Waals surface area contributed by atoms with Gasteiger partial charge >= 0.3 is 0 Å². The van der Waals surface area contributed by atoms with Crippen LogP contribution in [0.15, 0.2) is 24.5 Å². The fourth-order valence-corrected chi connectivity index (χ4v) is 8.66. The van der Waals surface area contributed by atoms with Crippen LogP contribution in [0.3, 0.4) is 0 Å². The molecule has 108 valence electrons. The summed E-state index contributed by atoms with van der Waals surface area (Å²) in [7, 11) is 0. The Morgan fingerprint density at radius 2 is 2.14 bits per heavy atom. The lowest BCUT2D eigenvalue weighted by molar-refractivity contribution is -0.130. The Bertz CT molecular complexity index is 662. The smallest absolute Gasteiger partial charge is 0.125 e. The van der Waals surface area contributed by atoms with Crippen molar-refractivity contribution in [2.45, 2.75) is 24.6 Å². The maximum atomic E-state index is 11.6. The summed E-state index contributed by atoms with van der Waals surface area (Å²) >= 11 is 0. The van der Waals surface area contributed by atoms with E-state index in [1.165, 1.54) is 12.0 Å². The normalized spacial score (nSPS) is 63.2. The van der Waals surface area contributed by atoms with E-state index in [4.69, 9.17) is 0 Å². The van der Waals surface area contributed by atoms with Crippen molar-refractivity contribution in [3.05, 3.63) is 30.1 Å². The zero-order valence-corrected chi connectivity index (χ0v) is 12.0. The molecule has 5 aliphatic carbocycles. The number of aromatic nitrogens is 1. The third kappa shape index (κ3) is 0.825. The molecule has 3 heteroatoms. The second-order valence-electron chi connectivity index (χ2n) is 8.50. The minimum absolute atomic E-state index is 0.403. The molecule has 2 saturated heterocycles. The van der Waals surface area contributed by atoms with Crippen LogP contribution in [0.25, 0.3) is 0 Å². The number of hydrogen-bond acceptors (Lipinski definition) is 3. The van der Waals surface area contributed by atoms with Gasteiger partial charge in [-0.15, -0.1) is 0 Å². The van der Waals surface area contributed by atoms with Crippen molar-refractivity contribution in [1.82, 2.24) is 9.88 Å². The van der Waals surface area contributed by atoms with E-state index in [1.54, 1.807) is 0 Å². The summed E-state index contributed by atoms with van der Waals surface area (Å²) in [6.45, 7) is 1.03. The van der Waals surface area contributed by atoms with E-state index in [0.717, 1.165) is 54.5 Å². The number of nitrogens with zero attached hydrogens (tertiary/aromatic N) is 2. The van der Waals surface area contributed by atoms with Gasteiger partial charge in [0.1, 0.15) is 5.72 Å². The quantitative estimate of drug-likeness (QED) is 0.909. The first-order valence-electron chi connectivity index (χ1n) is 8.70. The van der Waals surface area contributed by atoms with Crippen molar-refractivity contribution in [3.8, 4) is 0 Å². The van der Waals surface area contributed by atoms with Gasteiger partial charge in [-0.1, -0.05) is 6.07 Å². The third-order valence-electron chi connectivity index (χ3n) is 8.58. The first-order chi connectivity index (χ1) is 10.3. The van der Waals surface area contributed by atoms with Crippen molar-refractivity contribution >= 4 is 0 Å². The first kappa shape index (κ1) is 10.7. The van der Waals surface area contributed by atoms with Crippen LogP contribution < -0.4 is 0 Å². The SMILES string of the molecule is O[C@@]12[C@@H]3[C@@H]4[C@H]5C[C@H]6[C@@H]4[C@@H]3[C@H]([C@H]6[C@H]51)N2CCc1cccnc1. The summed E-state index contributed by atoms with van der Waals surface area (Å²) in [5.74, 6) is 6.85. The van der Waals surface area contributed by atoms with Crippen LogP contribution in [-0.4, -0.2) is 33.3 Å². The average Bonchev–Trinajstić information content (AvgIpc) is 3.10. The molecule has 7 aliphatic rings. The zero-order valence-electron chi connectivity index (χ0n) is 12.0. The van der Waals surface area contributed by atoms with Crippen molar-refractivity contribution in [1.29, 1.82) is 0 Å².